The average molecular weight is 394 g/mol. The number of thiophene rings is 1. The standard InChI is InChI=1S/C16H12BrNO4S/c17-14-5-4-12(23-14)8-18-15(19)9-21-11-3-1-10-2-6-16(20)22-13(10)7-11/h1-7H,8-9H2,(H,18,19). The number of carbonyl (C=O) groups excluding carboxylic acids is 1. The zero-order valence-electron chi connectivity index (χ0n) is 11.9. The predicted octanol–water partition coefficient (Wildman–Crippen LogP) is 3.31. The molecule has 2 aromatic heterocycles. The van der Waals surface area contributed by atoms with Crippen LogP contribution in [0.1, 0.15) is 4.88 Å². The first-order valence-corrected chi connectivity index (χ1v) is 8.39. The fourth-order valence-electron chi connectivity index (χ4n) is 1.96. The number of rotatable bonds is 5. The molecule has 0 radical (unpaired) electrons. The van der Waals surface area contributed by atoms with Gasteiger partial charge in [-0.25, -0.2) is 4.79 Å². The number of nitrogens with one attached hydrogen (secondary N) is 1. The van der Waals surface area contributed by atoms with E-state index >= 15 is 0 Å². The molecule has 3 rings (SSSR count). The van der Waals surface area contributed by atoms with Crippen molar-refractivity contribution in [3.8, 4) is 5.75 Å². The zero-order chi connectivity index (χ0) is 16.2. The third kappa shape index (κ3) is 4.20. The Morgan fingerprint density at radius 1 is 1.22 bits per heavy atom. The SMILES string of the molecule is O=C(COc1ccc2ccc(=O)oc2c1)NCc1ccc(Br)s1. The summed E-state index contributed by atoms with van der Waals surface area (Å²) in [6.45, 7) is 0.361. The molecule has 23 heavy (non-hydrogen) atoms. The van der Waals surface area contributed by atoms with E-state index in [1.54, 1.807) is 35.6 Å². The van der Waals surface area contributed by atoms with E-state index in [4.69, 9.17) is 9.15 Å². The molecular weight excluding hydrogens is 382 g/mol. The minimum absolute atomic E-state index is 0.102. The summed E-state index contributed by atoms with van der Waals surface area (Å²) in [5.74, 6) is 0.255. The molecule has 0 spiro atoms. The summed E-state index contributed by atoms with van der Waals surface area (Å²) < 4.78 is 11.5. The lowest BCUT2D eigenvalue weighted by atomic mass is 10.2. The lowest BCUT2D eigenvalue weighted by Crippen LogP contribution is -2.28. The first kappa shape index (κ1) is 15.8. The summed E-state index contributed by atoms with van der Waals surface area (Å²) >= 11 is 4.94. The summed E-state index contributed by atoms with van der Waals surface area (Å²) in [7, 11) is 0. The van der Waals surface area contributed by atoms with Crippen LogP contribution in [-0.4, -0.2) is 12.5 Å². The van der Waals surface area contributed by atoms with Gasteiger partial charge in [-0.05, 0) is 46.3 Å². The molecule has 1 aromatic carbocycles. The highest BCUT2D eigenvalue weighted by atomic mass is 79.9. The van der Waals surface area contributed by atoms with E-state index in [0.29, 0.717) is 17.9 Å². The van der Waals surface area contributed by atoms with Crippen molar-refractivity contribution in [1.82, 2.24) is 5.32 Å². The molecule has 5 nitrogen and oxygen atoms in total. The summed E-state index contributed by atoms with van der Waals surface area (Å²) in [5.41, 5.74) is 0.00773. The maximum atomic E-state index is 11.8. The minimum Gasteiger partial charge on any atom is -0.484 e. The summed E-state index contributed by atoms with van der Waals surface area (Å²) in [5, 5.41) is 3.58. The van der Waals surface area contributed by atoms with Crippen LogP contribution >= 0.6 is 27.3 Å². The van der Waals surface area contributed by atoms with E-state index in [1.165, 1.54) is 6.07 Å². The second-order valence-corrected chi connectivity index (χ2v) is 7.27. The molecule has 0 fully saturated rings. The smallest absolute Gasteiger partial charge is 0.336 e. The maximum Gasteiger partial charge on any atom is 0.336 e. The van der Waals surface area contributed by atoms with Gasteiger partial charge in [-0.15, -0.1) is 11.3 Å². The quantitative estimate of drug-likeness (QED) is 0.675. The van der Waals surface area contributed by atoms with Crippen LogP contribution in [0.15, 0.2) is 55.5 Å². The van der Waals surface area contributed by atoms with E-state index in [1.807, 2.05) is 12.1 Å². The van der Waals surface area contributed by atoms with E-state index in [9.17, 15) is 9.59 Å². The van der Waals surface area contributed by atoms with Crippen LogP contribution in [0.3, 0.4) is 0 Å². The molecule has 0 saturated carbocycles. The number of hydrogen-bond donors (Lipinski definition) is 1. The van der Waals surface area contributed by atoms with Crippen molar-refractivity contribution in [2.24, 2.45) is 0 Å². The van der Waals surface area contributed by atoms with Crippen LogP contribution in [0.5, 0.6) is 5.75 Å². The number of hydrogen-bond acceptors (Lipinski definition) is 5. The molecule has 0 unspecified atom stereocenters. The number of benzene rings is 1. The molecule has 3 aromatic rings. The normalized spacial score (nSPS) is 10.7. The zero-order valence-corrected chi connectivity index (χ0v) is 14.3. The molecule has 118 valence electrons. The topological polar surface area (TPSA) is 68.5 Å². The Morgan fingerprint density at radius 3 is 2.83 bits per heavy atom. The molecule has 7 heteroatoms. The largest absolute Gasteiger partial charge is 0.484 e. The van der Waals surface area contributed by atoms with Crippen molar-refractivity contribution in [3.05, 3.63) is 61.5 Å². The molecule has 0 aliphatic carbocycles. The van der Waals surface area contributed by atoms with Gasteiger partial charge in [-0.2, -0.15) is 0 Å². The molecule has 1 amide bonds. The van der Waals surface area contributed by atoms with E-state index in [0.717, 1.165) is 14.0 Å². The van der Waals surface area contributed by atoms with Crippen molar-refractivity contribution in [2.75, 3.05) is 6.61 Å². The first-order valence-electron chi connectivity index (χ1n) is 6.78. The summed E-state index contributed by atoms with van der Waals surface area (Å²) in [6, 6.07) is 12.0. The lowest BCUT2D eigenvalue weighted by Gasteiger charge is -2.07. The van der Waals surface area contributed by atoms with Gasteiger partial charge in [-0.1, -0.05) is 0 Å². The monoisotopic (exact) mass is 393 g/mol. The van der Waals surface area contributed by atoms with Crippen molar-refractivity contribution in [3.63, 3.8) is 0 Å². The van der Waals surface area contributed by atoms with Gasteiger partial charge in [-0.3, -0.25) is 4.79 Å². The molecule has 2 heterocycles. The van der Waals surface area contributed by atoms with Gasteiger partial charge in [0.2, 0.25) is 0 Å². The second kappa shape index (κ2) is 6.97. The van der Waals surface area contributed by atoms with Gasteiger partial charge in [0, 0.05) is 22.4 Å². The van der Waals surface area contributed by atoms with E-state index < -0.39 is 5.63 Å². The third-order valence-corrected chi connectivity index (χ3v) is 4.68. The Morgan fingerprint density at radius 2 is 2.04 bits per heavy atom. The van der Waals surface area contributed by atoms with Gasteiger partial charge in [0.25, 0.3) is 5.91 Å². The van der Waals surface area contributed by atoms with E-state index in [-0.39, 0.29) is 12.5 Å². The van der Waals surface area contributed by atoms with Crippen LogP contribution < -0.4 is 15.7 Å². The Labute approximate surface area is 144 Å². The number of fused-ring (bicyclic) bond motifs is 1. The molecule has 1 N–H and O–H groups in total. The van der Waals surface area contributed by atoms with Crippen molar-refractivity contribution < 1.29 is 13.9 Å². The second-order valence-electron chi connectivity index (χ2n) is 4.73. The van der Waals surface area contributed by atoms with Crippen LogP contribution in [0.25, 0.3) is 11.0 Å². The third-order valence-electron chi connectivity index (χ3n) is 3.05. The van der Waals surface area contributed by atoms with Gasteiger partial charge in [0.15, 0.2) is 6.61 Å². The fourth-order valence-corrected chi connectivity index (χ4v) is 3.39. The van der Waals surface area contributed by atoms with Crippen LogP contribution in [-0.2, 0) is 11.3 Å². The maximum absolute atomic E-state index is 11.8. The molecule has 0 aliphatic rings. The number of carbonyl (C=O) groups is 1. The number of amides is 1. The highest BCUT2D eigenvalue weighted by Crippen LogP contribution is 2.22. The molecule has 0 atom stereocenters. The Kier molecular flexibility index (Phi) is 4.78. The molecule has 0 saturated heterocycles. The Hall–Kier alpha value is -2.12. The molecular formula is C16H12BrNO4S. The molecule has 0 aliphatic heterocycles. The van der Waals surface area contributed by atoms with Gasteiger partial charge >= 0.3 is 5.63 Å². The van der Waals surface area contributed by atoms with Crippen LogP contribution in [0.2, 0.25) is 0 Å². The van der Waals surface area contributed by atoms with Crippen molar-refractivity contribution in [1.29, 1.82) is 0 Å². The van der Waals surface area contributed by atoms with Crippen molar-refractivity contribution in [2.45, 2.75) is 6.54 Å². The van der Waals surface area contributed by atoms with Crippen molar-refractivity contribution >= 4 is 44.1 Å². The number of ether oxygens (including phenoxy) is 1. The predicted molar refractivity (Wildman–Crippen MR) is 91.8 cm³/mol. The lowest BCUT2D eigenvalue weighted by molar-refractivity contribution is -0.123. The highest BCUT2D eigenvalue weighted by Gasteiger charge is 2.06. The van der Waals surface area contributed by atoms with Gasteiger partial charge in [0.1, 0.15) is 11.3 Å². The fraction of sp³-hybridized carbons (Fsp3) is 0.125. The molecule has 0 bridgehead atoms. The Balaban J connectivity index is 1.57. The Bertz CT molecular complexity index is 902. The van der Waals surface area contributed by atoms with Gasteiger partial charge < -0.3 is 14.5 Å². The van der Waals surface area contributed by atoms with Crippen LogP contribution in [0, 0.1) is 0 Å². The first-order chi connectivity index (χ1) is 11.1. The summed E-state index contributed by atoms with van der Waals surface area (Å²) in [6.07, 6.45) is 0. The minimum atomic E-state index is -0.422. The highest BCUT2D eigenvalue weighted by molar-refractivity contribution is 9.11. The van der Waals surface area contributed by atoms with Crippen LogP contribution in [0.4, 0.5) is 0 Å². The van der Waals surface area contributed by atoms with Gasteiger partial charge in [0.05, 0.1) is 10.3 Å². The van der Waals surface area contributed by atoms with E-state index in [2.05, 4.69) is 21.2 Å². The summed E-state index contributed by atoms with van der Waals surface area (Å²) in [4.78, 5) is 24.1. The average Bonchev–Trinajstić information content (AvgIpc) is 2.96. The number of halogens is 1.